The maximum Gasteiger partial charge on any atom is 0.0576 e. The Bertz CT molecular complexity index is 225. The topological polar surface area (TPSA) is 20.2 Å². The van der Waals surface area contributed by atoms with E-state index in [0.29, 0.717) is 11.3 Å². The van der Waals surface area contributed by atoms with Gasteiger partial charge in [0.15, 0.2) is 0 Å². The van der Waals surface area contributed by atoms with Crippen molar-refractivity contribution in [3.63, 3.8) is 0 Å². The molecule has 3 aliphatic carbocycles. The van der Waals surface area contributed by atoms with Crippen LogP contribution < -0.4 is 0 Å². The van der Waals surface area contributed by atoms with Gasteiger partial charge < -0.3 is 5.11 Å². The highest BCUT2D eigenvalue weighted by molar-refractivity contribution is 5.06. The van der Waals surface area contributed by atoms with Gasteiger partial charge in [0.1, 0.15) is 0 Å². The number of hydrogen-bond donors (Lipinski definition) is 1. The third-order valence-corrected chi connectivity index (χ3v) is 5.14. The number of aliphatic hydroxyl groups excluding tert-OH is 1. The molecular formula is C12H20O. The Morgan fingerprint density at radius 2 is 2.08 bits per heavy atom. The van der Waals surface area contributed by atoms with E-state index in [-0.39, 0.29) is 6.10 Å². The number of rotatable bonds is 0. The first-order chi connectivity index (χ1) is 6.21. The molecule has 13 heavy (non-hydrogen) atoms. The first-order valence-electron chi connectivity index (χ1n) is 5.89. The largest absolute Gasteiger partial charge is 0.393 e. The van der Waals surface area contributed by atoms with Crippen molar-refractivity contribution in [3.8, 4) is 0 Å². The van der Waals surface area contributed by atoms with E-state index in [1.54, 1.807) is 0 Å². The van der Waals surface area contributed by atoms with Gasteiger partial charge in [0.05, 0.1) is 6.10 Å². The third-order valence-electron chi connectivity index (χ3n) is 5.14. The van der Waals surface area contributed by atoms with Gasteiger partial charge in [-0.1, -0.05) is 19.8 Å². The van der Waals surface area contributed by atoms with Gasteiger partial charge in [0.2, 0.25) is 0 Å². The zero-order valence-electron chi connectivity index (χ0n) is 8.50. The smallest absolute Gasteiger partial charge is 0.0576 e. The average Bonchev–Trinajstić information content (AvgIpc) is 2.56. The highest BCUT2D eigenvalue weighted by Crippen LogP contribution is 2.63. The fraction of sp³-hybridized carbons (Fsp3) is 1.00. The van der Waals surface area contributed by atoms with E-state index in [0.717, 1.165) is 18.3 Å². The van der Waals surface area contributed by atoms with Gasteiger partial charge >= 0.3 is 0 Å². The zero-order chi connectivity index (χ0) is 9.05. The van der Waals surface area contributed by atoms with Crippen molar-refractivity contribution >= 4 is 0 Å². The Morgan fingerprint density at radius 3 is 2.92 bits per heavy atom. The van der Waals surface area contributed by atoms with Gasteiger partial charge in [-0.05, 0) is 48.9 Å². The molecule has 3 saturated carbocycles. The van der Waals surface area contributed by atoms with Crippen LogP contribution in [0, 0.1) is 23.2 Å². The van der Waals surface area contributed by atoms with Crippen molar-refractivity contribution in [2.24, 2.45) is 23.2 Å². The summed E-state index contributed by atoms with van der Waals surface area (Å²) in [4.78, 5) is 0. The molecule has 5 atom stereocenters. The van der Waals surface area contributed by atoms with Crippen LogP contribution in [0.25, 0.3) is 0 Å². The quantitative estimate of drug-likeness (QED) is 0.607. The van der Waals surface area contributed by atoms with Gasteiger partial charge in [-0.25, -0.2) is 0 Å². The van der Waals surface area contributed by atoms with E-state index < -0.39 is 0 Å². The van der Waals surface area contributed by atoms with Crippen LogP contribution in [0.15, 0.2) is 0 Å². The molecular weight excluding hydrogens is 160 g/mol. The van der Waals surface area contributed by atoms with Crippen molar-refractivity contribution in [3.05, 3.63) is 0 Å². The molecule has 1 heteroatoms. The first kappa shape index (κ1) is 8.28. The van der Waals surface area contributed by atoms with E-state index >= 15 is 0 Å². The van der Waals surface area contributed by atoms with E-state index in [4.69, 9.17) is 0 Å². The number of hydrogen-bond acceptors (Lipinski definition) is 1. The second-order valence-corrected chi connectivity index (χ2v) is 5.84. The highest BCUT2D eigenvalue weighted by Gasteiger charge is 2.57. The van der Waals surface area contributed by atoms with Crippen LogP contribution in [-0.4, -0.2) is 11.2 Å². The Morgan fingerprint density at radius 1 is 1.23 bits per heavy atom. The summed E-state index contributed by atoms with van der Waals surface area (Å²) in [6.07, 6.45) is 8.09. The number of aliphatic hydroxyl groups is 1. The summed E-state index contributed by atoms with van der Waals surface area (Å²) >= 11 is 0. The second-order valence-electron chi connectivity index (χ2n) is 5.84. The molecule has 0 bridgehead atoms. The summed E-state index contributed by atoms with van der Waals surface area (Å²) in [6, 6.07) is 0. The molecule has 0 radical (unpaired) electrons. The molecule has 0 heterocycles. The summed E-state index contributed by atoms with van der Waals surface area (Å²) in [6.45, 7) is 2.42. The molecule has 0 aliphatic heterocycles. The molecule has 0 saturated heterocycles. The Balaban J connectivity index is 1.96. The maximum absolute atomic E-state index is 10.0. The van der Waals surface area contributed by atoms with Crippen molar-refractivity contribution < 1.29 is 5.11 Å². The lowest BCUT2D eigenvalue weighted by Crippen LogP contribution is -2.30. The van der Waals surface area contributed by atoms with Crippen molar-refractivity contribution in [2.75, 3.05) is 0 Å². The minimum atomic E-state index is 0.0399. The van der Waals surface area contributed by atoms with E-state index in [2.05, 4.69) is 6.92 Å². The third kappa shape index (κ3) is 0.971. The fourth-order valence-electron chi connectivity index (χ4n) is 4.72. The molecule has 1 nitrogen and oxygen atoms in total. The molecule has 0 amide bonds. The van der Waals surface area contributed by atoms with Crippen LogP contribution in [0.2, 0.25) is 0 Å². The summed E-state index contributed by atoms with van der Waals surface area (Å²) < 4.78 is 0. The minimum absolute atomic E-state index is 0.0399. The van der Waals surface area contributed by atoms with Crippen LogP contribution in [0.1, 0.15) is 45.4 Å². The predicted octanol–water partition coefficient (Wildman–Crippen LogP) is 2.58. The van der Waals surface area contributed by atoms with E-state index in [1.165, 1.54) is 32.1 Å². The summed E-state index contributed by atoms with van der Waals surface area (Å²) in [7, 11) is 0. The molecule has 3 fully saturated rings. The molecule has 3 aliphatic rings. The van der Waals surface area contributed by atoms with Gasteiger partial charge in [-0.2, -0.15) is 0 Å². The van der Waals surface area contributed by atoms with Crippen LogP contribution in [-0.2, 0) is 0 Å². The SMILES string of the molecule is CC12CCC3CCCC(C(O)C1)C32. The van der Waals surface area contributed by atoms with E-state index in [1.807, 2.05) is 0 Å². The summed E-state index contributed by atoms with van der Waals surface area (Å²) in [5.74, 6) is 2.53. The van der Waals surface area contributed by atoms with Crippen molar-refractivity contribution in [1.82, 2.24) is 0 Å². The van der Waals surface area contributed by atoms with Crippen LogP contribution >= 0.6 is 0 Å². The molecule has 74 valence electrons. The van der Waals surface area contributed by atoms with Crippen LogP contribution in [0.3, 0.4) is 0 Å². The van der Waals surface area contributed by atoms with Gasteiger partial charge in [0, 0.05) is 0 Å². The van der Waals surface area contributed by atoms with Crippen LogP contribution in [0.5, 0.6) is 0 Å². The van der Waals surface area contributed by atoms with Crippen molar-refractivity contribution in [2.45, 2.75) is 51.6 Å². The summed E-state index contributed by atoms with van der Waals surface area (Å²) in [5, 5.41) is 10.0. The molecule has 1 N–H and O–H groups in total. The monoisotopic (exact) mass is 180 g/mol. The Kier molecular flexibility index (Phi) is 1.59. The average molecular weight is 180 g/mol. The van der Waals surface area contributed by atoms with Crippen molar-refractivity contribution in [1.29, 1.82) is 0 Å². The first-order valence-corrected chi connectivity index (χ1v) is 5.89. The van der Waals surface area contributed by atoms with Crippen LogP contribution in [0.4, 0.5) is 0 Å². The predicted molar refractivity (Wildman–Crippen MR) is 52.3 cm³/mol. The van der Waals surface area contributed by atoms with Gasteiger partial charge in [-0.15, -0.1) is 0 Å². The molecule has 0 spiro atoms. The molecule has 0 aromatic rings. The normalized spacial score (nSPS) is 59.5. The zero-order valence-corrected chi connectivity index (χ0v) is 8.50. The lowest BCUT2D eigenvalue weighted by Gasteiger charge is -2.35. The Hall–Kier alpha value is -0.0400. The lowest BCUT2D eigenvalue weighted by molar-refractivity contribution is 0.0735. The van der Waals surface area contributed by atoms with E-state index in [9.17, 15) is 5.11 Å². The minimum Gasteiger partial charge on any atom is -0.393 e. The molecule has 5 unspecified atom stereocenters. The molecule has 3 rings (SSSR count). The summed E-state index contributed by atoms with van der Waals surface area (Å²) in [5.41, 5.74) is 0.523. The second kappa shape index (κ2) is 2.50. The van der Waals surface area contributed by atoms with Gasteiger partial charge in [-0.3, -0.25) is 0 Å². The molecule has 0 aromatic carbocycles. The highest BCUT2D eigenvalue weighted by atomic mass is 16.3. The standard InChI is InChI=1S/C12H20O/c1-12-6-5-8-3-2-4-9(11(8)12)10(13)7-12/h8-11,13H,2-7H2,1H3. The maximum atomic E-state index is 10.0. The Labute approximate surface area is 80.5 Å². The fourth-order valence-corrected chi connectivity index (χ4v) is 4.72. The van der Waals surface area contributed by atoms with Gasteiger partial charge in [0.25, 0.3) is 0 Å². The lowest BCUT2D eigenvalue weighted by atomic mass is 9.70. The molecule has 0 aromatic heterocycles.